The number of halogens is 2. The molecule has 3 aromatic rings. The van der Waals surface area contributed by atoms with Crippen LogP contribution in [0.4, 0.5) is 0 Å². The van der Waals surface area contributed by atoms with Crippen molar-refractivity contribution in [1.82, 2.24) is 19.5 Å². The highest BCUT2D eigenvalue weighted by Gasteiger charge is 2.39. The lowest BCUT2D eigenvalue weighted by Gasteiger charge is -2.19. The summed E-state index contributed by atoms with van der Waals surface area (Å²) in [6, 6.07) is 8.58. The molecule has 0 aliphatic carbocycles. The maximum atomic E-state index is 12.2. The van der Waals surface area contributed by atoms with E-state index in [0.29, 0.717) is 23.1 Å². The number of carbonyl (C=O) groups is 2. The summed E-state index contributed by atoms with van der Waals surface area (Å²) < 4.78 is 13.0. The molecule has 0 amide bonds. The van der Waals surface area contributed by atoms with E-state index in [0.717, 1.165) is 0 Å². The van der Waals surface area contributed by atoms with E-state index in [-0.39, 0.29) is 23.5 Å². The first-order chi connectivity index (χ1) is 14.4. The van der Waals surface area contributed by atoms with Crippen LogP contribution >= 0.6 is 23.2 Å². The van der Waals surface area contributed by atoms with E-state index in [1.54, 1.807) is 34.9 Å². The van der Waals surface area contributed by atoms with Crippen LogP contribution in [0.1, 0.15) is 29.4 Å². The highest BCUT2D eigenvalue weighted by Crippen LogP contribution is 2.38. The van der Waals surface area contributed by atoms with Crippen LogP contribution in [0.2, 0.25) is 10.4 Å². The number of rotatable bonds is 6. The van der Waals surface area contributed by atoms with Crippen molar-refractivity contribution in [2.45, 2.75) is 25.2 Å². The van der Waals surface area contributed by atoms with Gasteiger partial charge < -0.3 is 14.6 Å². The SMILES string of the molecule is O=C(O)C[C@H]1C[C@@H](COC(=O)c2ccccc2)O[C@H]1n1cnc2c(Cl)nc(Cl)nc21. The molecule has 1 aliphatic rings. The zero-order valence-corrected chi connectivity index (χ0v) is 17.0. The summed E-state index contributed by atoms with van der Waals surface area (Å²) in [5, 5.41) is 9.34. The lowest BCUT2D eigenvalue weighted by molar-refractivity contribution is -0.139. The van der Waals surface area contributed by atoms with E-state index >= 15 is 0 Å². The third kappa shape index (κ3) is 4.23. The summed E-state index contributed by atoms with van der Waals surface area (Å²) in [6.07, 6.45) is 0.524. The number of fused-ring (bicyclic) bond motifs is 1. The fraction of sp³-hybridized carbons (Fsp3) is 0.316. The smallest absolute Gasteiger partial charge is 0.338 e. The number of aliphatic carboxylic acids is 1. The largest absolute Gasteiger partial charge is 0.481 e. The van der Waals surface area contributed by atoms with Crippen LogP contribution in [0.5, 0.6) is 0 Å². The number of nitrogens with zero attached hydrogens (tertiary/aromatic N) is 4. The van der Waals surface area contributed by atoms with Gasteiger partial charge in [0, 0.05) is 5.92 Å². The first-order valence-corrected chi connectivity index (χ1v) is 9.83. The number of carboxylic acids is 1. The third-order valence-electron chi connectivity index (χ3n) is 4.77. The standard InChI is InChI=1S/C19H16Cl2N4O5/c20-15-14-16(24-19(21)23-15)25(9-22-14)17-11(7-13(26)27)6-12(30-17)8-29-18(28)10-4-2-1-3-5-10/h1-5,9,11-12,17H,6-8H2,(H,26,27)/t11-,12+,17-/m1/s1. The molecule has 3 heterocycles. The number of carbonyl (C=O) groups excluding carboxylic acids is 1. The fourth-order valence-electron chi connectivity index (χ4n) is 3.50. The average molecular weight is 451 g/mol. The third-order valence-corrected chi connectivity index (χ3v) is 5.21. The van der Waals surface area contributed by atoms with Gasteiger partial charge in [-0.2, -0.15) is 4.98 Å². The fourth-order valence-corrected chi connectivity index (χ4v) is 3.92. The van der Waals surface area contributed by atoms with Gasteiger partial charge in [0.05, 0.1) is 24.4 Å². The minimum atomic E-state index is -0.967. The number of esters is 1. The highest BCUT2D eigenvalue weighted by molar-refractivity contribution is 6.35. The summed E-state index contributed by atoms with van der Waals surface area (Å²) >= 11 is 12.0. The minimum absolute atomic E-state index is 0.0104. The maximum Gasteiger partial charge on any atom is 0.338 e. The van der Waals surface area contributed by atoms with Crippen molar-refractivity contribution in [2.24, 2.45) is 5.92 Å². The van der Waals surface area contributed by atoms with Gasteiger partial charge >= 0.3 is 11.9 Å². The van der Waals surface area contributed by atoms with Crippen LogP contribution in [0, 0.1) is 5.92 Å². The first kappa shape index (κ1) is 20.5. The first-order valence-electron chi connectivity index (χ1n) is 9.07. The Morgan fingerprint density at radius 3 is 2.73 bits per heavy atom. The van der Waals surface area contributed by atoms with Gasteiger partial charge in [0.2, 0.25) is 5.28 Å². The summed E-state index contributed by atoms with van der Waals surface area (Å²) in [6.45, 7) is -0.0104. The Morgan fingerprint density at radius 2 is 2.00 bits per heavy atom. The van der Waals surface area contributed by atoms with Crippen molar-refractivity contribution < 1.29 is 24.2 Å². The van der Waals surface area contributed by atoms with Crippen LogP contribution in [0.3, 0.4) is 0 Å². The Morgan fingerprint density at radius 1 is 1.23 bits per heavy atom. The van der Waals surface area contributed by atoms with Gasteiger partial charge in [-0.3, -0.25) is 9.36 Å². The molecule has 1 saturated heterocycles. The molecule has 1 N–H and O–H groups in total. The van der Waals surface area contributed by atoms with Gasteiger partial charge in [-0.1, -0.05) is 29.8 Å². The zero-order chi connectivity index (χ0) is 21.3. The van der Waals surface area contributed by atoms with E-state index in [1.807, 2.05) is 0 Å². The lowest BCUT2D eigenvalue weighted by atomic mass is 9.99. The topological polar surface area (TPSA) is 116 Å². The normalized spacial score (nSPS) is 21.1. The second kappa shape index (κ2) is 8.55. The maximum absolute atomic E-state index is 12.2. The summed E-state index contributed by atoms with van der Waals surface area (Å²) in [4.78, 5) is 35.7. The lowest BCUT2D eigenvalue weighted by Crippen LogP contribution is -2.20. The van der Waals surface area contributed by atoms with Gasteiger partial charge in [-0.25, -0.2) is 14.8 Å². The van der Waals surface area contributed by atoms with Crippen LogP contribution in [0.25, 0.3) is 11.2 Å². The molecule has 0 bridgehead atoms. The quantitative estimate of drug-likeness (QED) is 0.345. The minimum Gasteiger partial charge on any atom is -0.481 e. The second-order valence-corrected chi connectivity index (χ2v) is 7.51. The molecule has 2 aromatic heterocycles. The Bertz CT molecular complexity index is 1090. The molecule has 9 nitrogen and oxygen atoms in total. The van der Waals surface area contributed by atoms with E-state index in [1.165, 1.54) is 6.33 Å². The van der Waals surface area contributed by atoms with Crippen molar-refractivity contribution >= 4 is 46.3 Å². The monoisotopic (exact) mass is 450 g/mol. The molecule has 0 unspecified atom stereocenters. The van der Waals surface area contributed by atoms with Gasteiger partial charge in [-0.15, -0.1) is 0 Å². The second-order valence-electron chi connectivity index (χ2n) is 6.81. The van der Waals surface area contributed by atoms with E-state index in [2.05, 4.69) is 15.0 Å². The number of carboxylic acid groups (broad SMARTS) is 1. The summed E-state index contributed by atoms with van der Waals surface area (Å²) in [5.74, 6) is -1.84. The Balaban J connectivity index is 1.54. The van der Waals surface area contributed by atoms with Crippen LogP contribution in [-0.2, 0) is 14.3 Å². The van der Waals surface area contributed by atoms with Gasteiger partial charge in [0.1, 0.15) is 18.4 Å². The van der Waals surface area contributed by atoms with Crippen molar-refractivity contribution in [2.75, 3.05) is 6.61 Å². The van der Waals surface area contributed by atoms with Gasteiger partial charge in [0.25, 0.3) is 0 Å². The number of aromatic nitrogens is 4. The van der Waals surface area contributed by atoms with Crippen molar-refractivity contribution in [1.29, 1.82) is 0 Å². The number of benzene rings is 1. The van der Waals surface area contributed by atoms with E-state index in [4.69, 9.17) is 32.7 Å². The molecule has 11 heteroatoms. The Labute approximate surface area is 180 Å². The molecule has 1 aliphatic heterocycles. The molecule has 0 spiro atoms. The number of imidazole rings is 1. The van der Waals surface area contributed by atoms with Crippen molar-refractivity contribution in [3.8, 4) is 0 Å². The molecule has 1 fully saturated rings. The Kier molecular flexibility index (Phi) is 5.85. The molecular weight excluding hydrogens is 435 g/mol. The predicted molar refractivity (Wildman–Crippen MR) is 106 cm³/mol. The molecular formula is C19H16Cl2N4O5. The highest BCUT2D eigenvalue weighted by atomic mass is 35.5. The molecule has 0 saturated carbocycles. The van der Waals surface area contributed by atoms with Crippen molar-refractivity contribution in [3.63, 3.8) is 0 Å². The van der Waals surface area contributed by atoms with E-state index < -0.39 is 30.2 Å². The average Bonchev–Trinajstić information content (AvgIpc) is 3.30. The predicted octanol–water partition coefficient (Wildman–Crippen LogP) is 3.37. The number of hydrogen-bond donors (Lipinski definition) is 1. The van der Waals surface area contributed by atoms with Crippen LogP contribution < -0.4 is 0 Å². The van der Waals surface area contributed by atoms with Crippen LogP contribution in [-0.4, -0.2) is 49.3 Å². The molecule has 1 aromatic carbocycles. The summed E-state index contributed by atoms with van der Waals surface area (Å²) in [5.41, 5.74) is 1.09. The molecule has 0 radical (unpaired) electrons. The molecule has 156 valence electrons. The molecule has 4 rings (SSSR count). The van der Waals surface area contributed by atoms with Crippen LogP contribution in [0.15, 0.2) is 36.7 Å². The van der Waals surface area contributed by atoms with Crippen molar-refractivity contribution in [3.05, 3.63) is 52.7 Å². The summed E-state index contributed by atoms with van der Waals surface area (Å²) in [7, 11) is 0. The Hall–Kier alpha value is -2.75. The van der Waals surface area contributed by atoms with Gasteiger partial charge in [-0.05, 0) is 30.2 Å². The number of hydrogen-bond acceptors (Lipinski definition) is 7. The van der Waals surface area contributed by atoms with Gasteiger partial charge in [0.15, 0.2) is 10.8 Å². The molecule has 30 heavy (non-hydrogen) atoms. The molecule has 3 atom stereocenters. The number of ether oxygens (including phenoxy) is 2. The zero-order valence-electron chi connectivity index (χ0n) is 15.4. The van der Waals surface area contributed by atoms with E-state index in [9.17, 15) is 14.7 Å².